The van der Waals surface area contributed by atoms with E-state index in [9.17, 15) is 4.79 Å². The highest BCUT2D eigenvalue weighted by molar-refractivity contribution is 5.88. The Labute approximate surface area is 91.8 Å². The summed E-state index contributed by atoms with van der Waals surface area (Å²) in [6, 6.07) is 0.611. The minimum absolute atomic E-state index is 0.360. The van der Waals surface area contributed by atoms with E-state index in [-0.39, 0.29) is 0 Å². The Balaban J connectivity index is 2.37. The van der Waals surface area contributed by atoms with Crippen molar-refractivity contribution in [3.05, 3.63) is 0 Å². The number of piperidine rings is 1. The van der Waals surface area contributed by atoms with Gasteiger partial charge in [-0.1, -0.05) is 5.92 Å². The fourth-order valence-electron chi connectivity index (χ4n) is 1.77. The second kappa shape index (κ2) is 5.77. The lowest BCUT2D eigenvalue weighted by Gasteiger charge is -2.32. The Bertz CT molecular complexity index is 267. The summed E-state index contributed by atoms with van der Waals surface area (Å²) in [4.78, 5) is 13.3. The van der Waals surface area contributed by atoms with Crippen LogP contribution in [0.4, 0.5) is 0 Å². The molecule has 15 heavy (non-hydrogen) atoms. The third kappa shape index (κ3) is 3.93. The molecule has 0 aromatic rings. The van der Waals surface area contributed by atoms with E-state index in [0.29, 0.717) is 12.0 Å². The Morgan fingerprint density at radius 1 is 1.40 bits per heavy atom. The summed E-state index contributed by atoms with van der Waals surface area (Å²) in [5.41, 5.74) is 0. The normalized spacial score (nSPS) is 18.4. The second-order valence-corrected chi connectivity index (χ2v) is 4.16. The second-order valence-electron chi connectivity index (χ2n) is 4.16. The largest absolute Gasteiger partial charge is 0.459 e. The third-order valence-corrected chi connectivity index (χ3v) is 2.82. The summed E-state index contributed by atoms with van der Waals surface area (Å²) in [5, 5.41) is 0. The summed E-state index contributed by atoms with van der Waals surface area (Å²) in [7, 11) is 1.36. The van der Waals surface area contributed by atoms with Gasteiger partial charge in [0.25, 0.3) is 0 Å². The summed E-state index contributed by atoms with van der Waals surface area (Å²) in [6.07, 6.45) is 2.12. The van der Waals surface area contributed by atoms with Crippen molar-refractivity contribution in [2.75, 3.05) is 20.2 Å². The number of likely N-dealkylation sites (tertiary alicyclic amines) is 1. The molecule has 0 aromatic heterocycles. The molecular formula is C12H19NO2. The van der Waals surface area contributed by atoms with E-state index >= 15 is 0 Å². The molecule has 0 atom stereocenters. The Morgan fingerprint density at radius 3 is 2.47 bits per heavy atom. The first kappa shape index (κ1) is 12.1. The van der Waals surface area contributed by atoms with Gasteiger partial charge in [0.2, 0.25) is 0 Å². The van der Waals surface area contributed by atoms with E-state index in [0.717, 1.165) is 25.9 Å². The Hall–Kier alpha value is -1.01. The van der Waals surface area contributed by atoms with Gasteiger partial charge in [-0.2, -0.15) is 0 Å². The molecular weight excluding hydrogens is 190 g/mol. The SMILES string of the molecule is COC(=O)C#CC1CCN(C(C)C)CC1. The van der Waals surface area contributed by atoms with Gasteiger partial charge < -0.3 is 9.64 Å². The minimum Gasteiger partial charge on any atom is -0.459 e. The molecule has 0 amide bonds. The number of ether oxygens (including phenoxy) is 1. The highest BCUT2D eigenvalue weighted by atomic mass is 16.5. The summed E-state index contributed by atoms with van der Waals surface area (Å²) in [6.45, 7) is 6.58. The fourth-order valence-corrected chi connectivity index (χ4v) is 1.77. The van der Waals surface area contributed by atoms with Crippen LogP contribution in [0, 0.1) is 17.8 Å². The zero-order valence-electron chi connectivity index (χ0n) is 9.75. The first-order valence-corrected chi connectivity index (χ1v) is 5.47. The van der Waals surface area contributed by atoms with Gasteiger partial charge in [-0.3, -0.25) is 0 Å². The van der Waals surface area contributed by atoms with Crippen LogP contribution in [0.3, 0.4) is 0 Å². The van der Waals surface area contributed by atoms with Gasteiger partial charge in [-0.25, -0.2) is 4.79 Å². The van der Waals surface area contributed by atoms with Gasteiger partial charge in [-0.05, 0) is 39.8 Å². The van der Waals surface area contributed by atoms with E-state index in [4.69, 9.17) is 0 Å². The van der Waals surface area contributed by atoms with Crippen LogP contribution in [0.15, 0.2) is 0 Å². The van der Waals surface area contributed by atoms with Crippen molar-refractivity contribution in [2.24, 2.45) is 5.92 Å². The van der Waals surface area contributed by atoms with E-state index < -0.39 is 5.97 Å². The molecule has 3 nitrogen and oxygen atoms in total. The molecule has 0 unspecified atom stereocenters. The van der Waals surface area contributed by atoms with Gasteiger partial charge in [-0.15, -0.1) is 0 Å². The lowest BCUT2D eigenvalue weighted by Crippen LogP contribution is -2.38. The van der Waals surface area contributed by atoms with Crippen molar-refractivity contribution >= 4 is 5.97 Å². The van der Waals surface area contributed by atoms with Gasteiger partial charge >= 0.3 is 5.97 Å². The first-order chi connectivity index (χ1) is 7.13. The zero-order chi connectivity index (χ0) is 11.3. The molecule has 1 fully saturated rings. The average molecular weight is 209 g/mol. The van der Waals surface area contributed by atoms with Crippen LogP contribution in [-0.2, 0) is 9.53 Å². The Morgan fingerprint density at radius 2 is 2.00 bits per heavy atom. The average Bonchev–Trinajstić information content (AvgIpc) is 2.26. The standard InChI is InChI=1S/C12H19NO2/c1-10(2)13-8-6-11(7-9-13)4-5-12(14)15-3/h10-11H,6-9H2,1-3H3. The summed E-state index contributed by atoms with van der Waals surface area (Å²) < 4.78 is 4.48. The first-order valence-electron chi connectivity index (χ1n) is 5.47. The van der Waals surface area contributed by atoms with Crippen LogP contribution >= 0.6 is 0 Å². The lowest BCUT2D eigenvalue weighted by molar-refractivity contribution is -0.133. The summed E-state index contributed by atoms with van der Waals surface area (Å²) >= 11 is 0. The molecule has 0 N–H and O–H groups in total. The maximum absolute atomic E-state index is 10.8. The number of carbonyl (C=O) groups excluding carboxylic acids is 1. The Kier molecular flexibility index (Phi) is 4.64. The lowest BCUT2D eigenvalue weighted by atomic mass is 9.97. The van der Waals surface area contributed by atoms with Gasteiger partial charge in [0.05, 0.1) is 7.11 Å². The zero-order valence-corrected chi connectivity index (χ0v) is 9.75. The van der Waals surface area contributed by atoms with Gasteiger partial charge in [0.15, 0.2) is 0 Å². The van der Waals surface area contributed by atoms with Gasteiger partial charge in [0, 0.05) is 17.9 Å². The van der Waals surface area contributed by atoms with Gasteiger partial charge in [0.1, 0.15) is 0 Å². The molecule has 0 aliphatic carbocycles. The molecule has 1 heterocycles. The topological polar surface area (TPSA) is 29.5 Å². The molecule has 1 saturated heterocycles. The number of methoxy groups -OCH3 is 1. The maximum atomic E-state index is 10.8. The third-order valence-electron chi connectivity index (χ3n) is 2.82. The van der Waals surface area contributed by atoms with Crippen molar-refractivity contribution < 1.29 is 9.53 Å². The van der Waals surface area contributed by atoms with Crippen molar-refractivity contribution in [3.8, 4) is 11.8 Å². The molecule has 0 bridgehead atoms. The molecule has 0 aromatic carbocycles. The van der Waals surface area contributed by atoms with Crippen LogP contribution < -0.4 is 0 Å². The molecule has 0 saturated carbocycles. The molecule has 1 aliphatic rings. The minimum atomic E-state index is -0.429. The van der Waals surface area contributed by atoms with Crippen LogP contribution in [0.1, 0.15) is 26.7 Å². The smallest absolute Gasteiger partial charge is 0.384 e. The van der Waals surface area contributed by atoms with E-state index in [2.05, 4.69) is 35.3 Å². The van der Waals surface area contributed by atoms with Crippen LogP contribution in [0.2, 0.25) is 0 Å². The predicted octanol–water partition coefficient (Wildman–Crippen LogP) is 1.28. The predicted molar refractivity (Wildman–Crippen MR) is 59.2 cm³/mol. The number of hydrogen-bond donors (Lipinski definition) is 0. The number of rotatable bonds is 1. The molecule has 3 heteroatoms. The number of carbonyl (C=O) groups is 1. The highest BCUT2D eigenvalue weighted by Gasteiger charge is 2.19. The van der Waals surface area contributed by atoms with E-state index in [1.54, 1.807) is 0 Å². The molecule has 1 rings (SSSR count). The fraction of sp³-hybridized carbons (Fsp3) is 0.750. The van der Waals surface area contributed by atoms with Crippen molar-refractivity contribution in [1.82, 2.24) is 4.90 Å². The number of nitrogens with zero attached hydrogens (tertiary/aromatic N) is 1. The molecule has 1 aliphatic heterocycles. The van der Waals surface area contributed by atoms with E-state index in [1.165, 1.54) is 7.11 Å². The van der Waals surface area contributed by atoms with Crippen LogP contribution in [-0.4, -0.2) is 37.1 Å². The number of esters is 1. The van der Waals surface area contributed by atoms with Crippen LogP contribution in [0.25, 0.3) is 0 Å². The van der Waals surface area contributed by atoms with Crippen LogP contribution in [0.5, 0.6) is 0 Å². The molecule has 84 valence electrons. The summed E-state index contributed by atoms with van der Waals surface area (Å²) in [5.74, 6) is 5.43. The quantitative estimate of drug-likeness (QED) is 0.370. The van der Waals surface area contributed by atoms with Crippen molar-refractivity contribution in [1.29, 1.82) is 0 Å². The van der Waals surface area contributed by atoms with Crippen molar-refractivity contribution in [2.45, 2.75) is 32.7 Å². The monoisotopic (exact) mass is 209 g/mol. The maximum Gasteiger partial charge on any atom is 0.384 e. The number of hydrogen-bond acceptors (Lipinski definition) is 3. The van der Waals surface area contributed by atoms with Crippen molar-refractivity contribution in [3.63, 3.8) is 0 Å². The molecule has 0 radical (unpaired) electrons. The molecule has 0 spiro atoms. The highest BCUT2D eigenvalue weighted by Crippen LogP contribution is 2.17. The van der Waals surface area contributed by atoms with E-state index in [1.807, 2.05) is 0 Å².